The molecule has 17 heavy (non-hydrogen) atoms. The lowest BCUT2D eigenvalue weighted by atomic mass is 10.1. The summed E-state index contributed by atoms with van der Waals surface area (Å²) in [5.74, 6) is -3.42. The maximum absolute atomic E-state index is 10.6. The monoisotopic (exact) mass is 318 g/mol. The number of halogens is 1. The highest BCUT2D eigenvalue weighted by atomic mass is 79.9. The van der Waals surface area contributed by atoms with Crippen molar-refractivity contribution in [3.63, 3.8) is 0 Å². The van der Waals surface area contributed by atoms with Crippen molar-refractivity contribution in [3.8, 4) is 0 Å². The Balaban J connectivity index is 2.43. The van der Waals surface area contributed by atoms with Crippen LogP contribution in [0.5, 0.6) is 0 Å². The summed E-state index contributed by atoms with van der Waals surface area (Å²) in [5.41, 5.74) is 0. The van der Waals surface area contributed by atoms with Gasteiger partial charge in [-0.25, -0.2) is 0 Å². The number of thioether (sulfide) groups is 1. The molecule has 0 saturated carbocycles. The number of benzene rings is 1. The zero-order chi connectivity index (χ0) is 12.8. The number of carboxylic acid groups (broad SMARTS) is 2. The van der Waals surface area contributed by atoms with E-state index in [0.29, 0.717) is 5.75 Å². The first-order valence-corrected chi connectivity index (χ1v) is 6.62. The Labute approximate surface area is 111 Å². The molecule has 0 aliphatic rings. The third-order valence-corrected chi connectivity index (χ3v) is 3.66. The Morgan fingerprint density at radius 1 is 1.18 bits per heavy atom. The van der Waals surface area contributed by atoms with Gasteiger partial charge in [-0.15, -0.1) is 11.8 Å². The van der Waals surface area contributed by atoms with Crippen molar-refractivity contribution in [1.82, 2.24) is 0 Å². The summed E-state index contributed by atoms with van der Waals surface area (Å²) in [4.78, 5) is 22.3. The summed E-state index contributed by atoms with van der Waals surface area (Å²) in [6.07, 6.45) is 0.116. The van der Waals surface area contributed by atoms with Gasteiger partial charge in [0.25, 0.3) is 0 Å². The molecule has 0 unspecified atom stereocenters. The Bertz CT molecular complexity index is 390. The van der Waals surface area contributed by atoms with Gasteiger partial charge in [-0.2, -0.15) is 0 Å². The minimum atomic E-state index is -1.32. The molecule has 92 valence electrons. The number of hydrogen-bond donors (Lipinski definition) is 2. The van der Waals surface area contributed by atoms with Crippen LogP contribution in [0.25, 0.3) is 0 Å². The lowest BCUT2D eigenvalue weighted by molar-refractivity contribution is -0.154. The van der Waals surface area contributed by atoms with E-state index >= 15 is 0 Å². The highest BCUT2D eigenvalue weighted by molar-refractivity contribution is 9.10. The van der Waals surface area contributed by atoms with Crippen molar-refractivity contribution in [2.45, 2.75) is 11.3 Å². The highest BCUT2D eigenvalue weighted by Crippen LogP contribution is 2.22. The van der Waals surface area contributed by atoms with Crippen LogP contribution >= 0.6 is 27.7 Å². The van der Waals surface area contributed by atoms with E-state index in [2.05, 4.69) is 15.9 Å². The molecule has 0 atom stereocenters. The maximum Gasteiger partial charge on any atom is 0.317 e. The molecule has 0 amide bonds. The first kappa shape index (κ1) is 14.1. The topological polar surface area (TPSA) is 74.6 Å². The third kappa shape index (κ3) is 4.79. The predicted molar refractivity (Wildman–Crippen MR) is 68.2 cm³/mol. The summed E-state index contributed by atoms with van der Waals surface area (Å²) in [6.45, 7) is 0. The molecule has 0 fully saturated rings. The maximum atomic E-state index is 10.6. The van der Waals surface area contributed by atoms with Crippen LogP contribution in [-0.2, 0) is 9.59 Å². The van der Waals surface area contributed by atoms with E-state index in [1.165, 1.54) is 11.8 Å². The van der Waals surface area contributed by atoms with Gasteiger partial charge >= 0.3 is 11.9 Å². The van der Waals surface area contributed by atoms with Crippen LogP contribution in [0, 0.1) is 5.92 Å². The largest absolute Gasteiger partial charge is 0.481 e. The molecule has 1 rings (SSSR count). The number of hydrogen-bond acceptors (Lipinski definition) is 3. The smallest absolute Gasteiger partial charge is 0.317 e. The van der Waals surface area contributed by atoms with Crippen LogP contribution in [0.2, 0.25) is 0 Å². The second kappa shape index (κ2) is 6.66. The van der Waals surface area contributed by atoms with Crippen LogP contribution < -0.4 is 0 Å². The van der Waals surface area contributed by atoms with Crippen LogP contribution in [0.4, 0.5) is 0 Å². The molecule has 1 aromatic carbocycles. The van der Waals surface area contributed by atoms with Gasteiger partial charge in [0.1, 0.15) is 0 Å². The second-order valence-electron chi connectivity index (χ2n) is 3.32. The average Bonchev–Trinajstić information content (AvgIpc) is 2.25. The molecule has 1 aromatic rings. The normalized spacial score (nSPS) is 10.5. The lowest BCUT2D eigenvalue weighted by Gasteiger charge is -2.06. The molecule has 2 N–H and O–H groups in total. The van der Waals surface area contributed by atoms with Crippen molar-refractivity contribution >= 4 is 39.6 Å². The number of carboxylic acids is 2. The average molecular weight is 319 g/mol. The number of aliphatic carboxylic acids is 2. The van der Waals surface area contributed by atoms with E-state index in [9.17, 15) is 9.59 Å². The lowest BCUT2D eigenvalue weighted by Crippen LogP contribution is -2.23. The fourth-order valence-electron chi connectivity index (χ4n) is 1.18. The molecule has 0 aliphatic heterocycles. The van der Waals surface area contributed by atoms with Crippen molar-refractivity contribution < 1.29 is 19.8 Å². The molecule has 0 radical (unpaired) electrons. The number of carbonyl (C=O) groups is 2. The standard InChI is InChI=1S/C11H11BrO4S/c12-7-1-3-8(4-2-7)17-6-5-9(10(13)14)11(15)16/h1-4,9H,5-6H2,(H,13,14)(H,15,16). The molecule has 0 bridgehead atoms. The van der Waals surface area contributed by atoms with Gasteiger partial charge in [0, 0.05) is 9.37 Å². The van der Waals surface area contributed by atoms with E-state index in [-0.39, 0.29) is 6.42 Å². The number of rotatable bonds is 6. The third-order valence-electron chi connectivity index (χ3n) is 2.09. The summed E-state index contributed by atoms with van der Waals surface area (Å²) in [6, 6.07) is 7.55. The fourth-order valence-corrected chi connectivity index (χ4v) is 2.36. The highest BCUT2D eigenvalue weighted by Gasteiger charge is 2.24. The van der Waals surface area contributed by atoms with Gasteiger partial charge in [-0.3, -0.25) is 9.59 Å². The van der Waals surface area contributed by atoms with Crippen molar-refractivity contribution in [1.29, 1.82) is 0 Å². The Morgan fingerprint density at radius 2 is 1.71 bits per heavy atom. The second-order valence-corrected chi connectivity index (χ2v) is 5.40. The Kier molecular flexibility index (Phi) is 5.50. The van der Waals surface area contributed by atoms with Crippen LogP contribution in [0.3, 0.4) is 0 Å². The molecule has 0 spiro atoms. The van der Waals surface area contributed by atoms with E-state index in [1.807, 2.05) is 24.3 Å². The van der Waals surface area contributed by atoms with E-state index < -0.39 is 17.9 Å². The van der Waals surface area contributed by atoms with Crippen molar-refractivity contribution in [2.24, 2.45) is 5.92 Å². The predicted octanol–water partition coefficient (Wildman–Crippen LogP) is 2.72. The van der Waals surface area contributed by atoms with E-state index in [0.717, 1.165) is 9.37 Å². The van der Waals surface area contributed by atoms with Gasteiger partial charge < -0.3 is 10.2 Å². The Hall–Kier alpha value is -1.01. The molecule has 0 heterocycles. The van der Waals surface area contributed by atoms with Crippen molar-refractivity contribution in [3.05, 3.63) is 28.7 Å². The zero-order valence-electron chi connectivity index (χ0n) is 8.80. The molecule has 0 saturated heterocycles. The molecular weight excluding hydrogens is 308 g/mol. The Morgan fingerprint density at radius 3 is 2.18 bits per heavy atom. The van der Waals surface area contributed by atoms with Gasteiger partial charge in [0.05, 0.1) is 0 Å². The van der Waals surface area contributed by atoms with Crippen LogP contribution in [0.15, 0.2) is 33.6 Å². The van der Waals surface area contributed by atoms with Crippen molar-refractivity contribution in [2.75, 3.05) is 5.75 Å². The molecular formula is C11H11BrO4S. The van der Waals surface area contributed by atoms with E-state index in [4.69, 9.17) is 10.2 Å². The molecule has 0 aromatic heterocycles. The van der Waals surface area contributed by atoms with E-state index in [1.54, 1.807) is 0 Å². The van der Waals surface area contributed by atoms with Gasteiger partial charge in [-0.1, -0.05) is 15.9 Å². The van der Waals surface area contributed by atoms with Gasteiger partial charge in [0.2, 0.25) is 0 Å². The zero-order valence-corrected chi connectivity index (χ0v) is 11.2. The molecule has 4 nitrogen and oxygen atoms in total. The summed E-state index contributed by atoms with van der Waals surface area (Å²) in [7, 11) is 0. The summed E-state index contributed by atoms with van der Waals surface area (Å²) >= 11 is 4.76. The molecule has 6 heteroatoms. The minimum Gasteiger partial charge on any atom is -0.481 e. The SMILES string of the molecule is O=C(O)C(CCSc1ccc(Br)cc1)C(=O)O. The summed E-state index contributed by atoms with van der Waals surface area (Å²) in [5, 5.41) is 17.4. The van der Waals surface area contributed by atoms with Crippen LogP contribution in [-0.4, -0.2) is 27.9 Å². The first-order chi connectivity index (χ1) is 8.00. The van der Waals surface area contributed by atoms with Gasteiger partial charge in [0.15, 0.2) is 5.92 Å². The minimum absolute atomic E-state index is 0.116. The molecule has 0 aliphatic carbocycles. The quantitative estimate of drug-likeness (QED) is 0.623. The first-order valence-electron chi connectivity index (χ1n) is 4.84. The summed E-state index contributed by atoms with van der Waals surface area (Å²) < 4.78 is 0.968. The fraction of sp³-hybridized carbons (Fsp3) is 0.273. The van der Waals surface area contributed by atoms with Crippen LogP contribution in [0.1, 0.15) is 6.42 Å². The van der Waals surface area contributed by atoms with Gasteiger partial charge in [-0.05, 0) is 36.4 Å².